The molecular formula is C9H19N3O4S. The number of amides is 1. The van der Waals surface area contributed by atoms with Crippen LogP contribution in [-0.2, 0) is 19.7 Å². The fourth-order valence-electron chi connectivity index (χ4n) is 1.19. The van der Waals surface area contributed by atoms with Crippen molar-refractivity contribution >= 4 is 16.1 Å². The molecule has 1 aliphatic rings. The summed E-state index contributed by atoms with van der Waals surface area (Å²) in [6.07, 6.45) is 1.88. The Morgan fingerprint density at radius 2 is 1.88 bits per heavy atom. The lowest BCUT2D eigenvalue weighted by Gasteiger charge is -2.08. The summed E-state index contributed by atoms with van der Waals surface area (Å²) >= 11 is 0. The predicted octanol–water partition coefficient (Wildman–Crippen LogP) is -1.42. The highest BCUT2D eigenvalue weighted by Crippen LogP contribution is 2.28. The molecule has 0 atom stereocenters. The minimum Gasteiger partial charge on any atom is -0.383 e. The first-order valence-electron chi connectivity index (χ1n) is 5.56. The van der Waals surface area contributed by atoms with Crippen molar-refractivity contribution in [3.8, 4) is 0 Å². The van der Waals surface area contributed by atoms with Crippen LogP contribution in [0.3, 0.4) is 0 Å². The maximum atomic E-state index is 11.3. The van der Waals surface area contributed by atoms with Crippen molar-refractivity contribution < 1.29 is 17.9 Å². The zero-order chi connectivity index (χ0) is 12.7. The van der Waals surface area contributed by atoms with E-state index in [1.807, 2.05) is 0 Å². The van der Waals surface area contributed by atoms with Gasteiger partial charge >= 0.3 is 0 Å². The summed E-state index contributed by atoms with van der Waals surface area (Å²) in [5.74, 6) is 0.156. The zero-order valence-corrected chi connectivity index (χ0v) is 10.7. The molecule has 8 heteroatoms. The summed E-state index contributed by atoms with van der Waals surface area (Å²) in [6.45, 7) is 1.03. The second-order valence-corrected chi connectivity index (χ2v) is 5.43. The van der Waals surface area contributed by atoms with Gasteiger partial charge in [-0.3, -0.25) is 4.79 Å². The van der Waals surface area contributed by atoms with E-state index in [-0.39, 0.29) is 24.9 Å². The van der Waals surface area contributed by atoms with Gasteiger partial charge in [0.25, 0.3) is 10.2 Å². The summed E-state index contributed by atoms with van der Waals surface area (Å²) in [4.78, 5) is 11.2. The van der Waals surface area contributed by atoms with Crippen molar-refractivity contribution in [3.05, 3.63) is 0 Å². The molecule has 0 aromatic heterocycles. The minimum atomic E-state index is -3.49. The molecule has 0 bridgehead atoms. The Labute approximate surface area is 101 Å². The van der Waals surface area contributed by atoms with Crippen LogP contribution in [0.5, 0.6) is 0 Å². The van der Waals surface area contributed by atoms with E-state index in [0.717, 1.165) is 12.8 Å². The molecule has 1 rings (SSSR count). The average Bonchev–Trinajstić information content (AvgIpc) is 3.08. The summed E-state index contributed by atoms with van der Waals surface area (Å²) in [7, 11) is -1.99. The Morgan fingerprint density at radius 3 is 2.47 bits per heavy atom. The van der Waals surface area contributed by atoms with Crippen molar-refractivity contribution in [1.82, 2.24) is 14.8 Å². The van der Waals surface area contributed by atoms with Gasteiger partial charge in [0.1, 0.15) is 0 Å². The number of ether oxygens (including phenoxy) is 1. The quantitative estimate of drug-likeness (QED) is 0.446. The number of carbonyl (C=O) groups is 1. The van der Waals surface area contributed by atoms with E-state index in [1.54, 1.807) is 0 Å². The Balaban J connectivity index is 2.05. The van der Waals surface area contributed by atoms with Gasteiger partial charge in [-0.15, -0.1) is 0 Å². The maximum absolute atomic E-state index is 11.3. The lowest BCUT2D eigenvalue weighted by atomic mass is 10.4. The predicted molar refractivity (Wildman–Crippen MR) is 62.5 cm³/mol. The molecule has 0 unspecified atom stereocenters. The number of methoxy groups -OCH3 is 1. The van der Waals surface area contributed by atoms with Gasteiger partial charge in [0.15, 0.2) is 0 Å². The highest BCUT2D eigenvalue weighted by atomic mass is 32.2. The normalized spacial score (nSPS) is 15.8. The molecule has 0 spiro atoms. The Bertz CT molecular complexity index is 340. The van der Waals surface area contributed by atoms with Gasteiger partial charge in [0, 0.05) is 32.7 Å². The van der Waals surface area contributed by atoms with Gasteiger partial charge in [0.05, 0.1) is 6.61 Å². The van der Waals surface area contributed by atoms with Gasteiger partial charge in [0.2, 0.25) is 5.91 Å². The average molecular weight is 265 g/mol. The van der Waals surface area contributed by atoms with Crippen LogP contribution in [0.25, 0.3) is 0 Å². The summed E-state index contributed by atoms with van der Waals surface area (Å²) < 4.78 is 32.0. The second-order valence-electron chi connectivity index (χ2n) is 3.85. The van der Waals surface area contributed by atoms with Gasteiger partial charge in [-0.2, -0.15) is 13.1 Å². The first-order valence-corrected chi connectivity index (χ1v) is 7.04. The highest BCUT2D eigenvalue weighted by molar-refractivity contribution is 7.87. The largest absolute Gasteiger partial charge is 0.383 e. The lowest BCUT2D eigenvalue weighted by molar-refractivity contribution is -0.122. The number of carbonyl (C=O) groups excluding carboxylic acids is 1. The monoisotopic (exact) mass is 265 g/mol. The first-order chi connectivity index (χ1) is 8.05. The van der Waals surface area contributed by atoms with Crippen molar-refractivity contribution in [2.24, 2.45) is 5.92 Å². The Hall–Kier alpha value is -0.700. The third kappa shape index (κ3) is 6.57. The fraction of sp³-hybridized carbons (Fsp3) is 0.889. The van der Waals surface area contributed by atoms with E-state index >= 15 is 0 Å². The molecule has 0 saturated heterocycles. The van der Waals surface area contributed by atoms with E-state index in [2.05, 4.69) is 14.8 Å². The molecule has 0 aliphatic heterocycles. The van der Waals surface area contributed by atoms with Gasteiger partial charge in [-0.25, -0.2) is 4.72 Å². The number of hydrogen-bond acceptors (Lipinski definition) is 4. The van der Waals surface area contributed by atoms with Gasteiger partial charge in [-0.05, 0) is 12.8 Å². The number of nitrogens with one attached hydrogen (secondary N) is 3. The first kappa shape index (κ1) is 14.4. The van der Waals surface area contributed by atoms with Crippen LogP contribution in [-0.4, -0.2) is 47.7 Å². The molecule has 0 radical (unpaired) electrons. The van der Waals surface area contributed by atoms with Crippen LogP contribution < -0.4 is 14.8 Å². The van der Waals surface area contributed by atoms with Gasteiger partial charge < -0.3 is 10.1 Å². The molecule has 3 N–H and O–H groups in total. The third-order valence-electron chi connectivity index (χ3n) is 2.26. The van der Waals surface area contributed by atoms with E-state index in [9.17, 15) is 13.2 Å². The molecule has 17 heavy (non-hydrogen) atoms. The Kier molecular flexibility index (Phi) is 5.83. The molecule has 7 nitrogen and oxygen atoms in total. The topological polar surface area (TPSA) is 96.5 Å². The summed E-state index contributed by atoms with van der Waals surface area (Å²) in [6, 6.07) is 0. The molecular weight excluding hydrogens is 246 g/mol. The molecule has 1 fully saturated rings. The van der Waals surface area contributed by atoms with E-state index in [0.29, 0.717) is 13.2 Å². The van der Waals surface area contributed by atoms with Crippen LogP contribution >= 0.6 is 0 Å². The van der Waals surface area contributed by atoms with Crippen molar-refractivity contribution in [2.45, 2.75) is 12.8 Å². The number of rotatable bonds is 9. The zero-order valence-electron chi connectivity index (χ0n) is 9.86. The molecule has 1 aliphatic carbocycles. The van der Waals surface area contributed by atoms with E-state index in [1.165, 1.54) is 7.11 Å². The van der Waals surface area contributed by atoms with E-state index in [4.69, 9.17) is 4.74 Å². The fourth-order valence-corrected chi connectivity index (χ4v) is 2.01. The lowest BCUT2D eigenvalue weighted by Crippen LogP contribution is -2.42. The second kappa shape index (κ2) is 6.90. The number of hydrogen-bond donors (Lipinski definition) is 3. The summed E-state index contributed by atoms with van der Waals surface area (Å²) in [5.41, 5.74) is 0. The van der Waals surface area contributed by atoms with Crippen molar-refractivity contribution in [2.75, 3.05) is 33.4 Å². The molecule has 0 aromatic rings. The molecule has 1 amide bonds. The maximum Gasteiger partial charge on any atom is 0.277 e. The minimum absolute atomic E-state index is 0.0107. The molecule has 1 saturated carbocycles. The van der Waals surface area contributed by atoms with E-state index < -0.39 is 10.2 Å². The van der Waals surface area contributed by atoms with Crippen molar-refractivity contribution in [1.29, 1.82) is 0 Å². The van der Waals surface area contributed by atoms with Crippen LogP contribution in [0.4, 0.5) is 0 Å². The highest BCUT2D eigenvalue weighted by Gasteiger charge is 2.29. The summed E-state index contributed by atoms with van der Waals surface area (Å²) in [5, 5.41) is 2.67. The standard InChI is InChI=1S/C9H19N3O4S/c1-16-7-6-12-17(14,15)11-5-4-10-9(13)8-2-3-8/h8,11-12H,2-7H2,1H3,(H,10,13). The third-order valence-corrected chi connectivity index (χ3v) is 3.43. The molecule has 0 aromatic carbocycles. The smallest absolute Gasteiger partial charge is 0.277 e. The van der Waals surface area contributed by atoms with Crippen LogP contribution in [0.2, 0.25) is 0 Å². The van der Waals surface area contributed by atoms with Crippen LogP contribution in [0.1, 0.15) is 12.8 Å². The van der Waals surface area contributed by atoms with Crippen LogP contribution in [0, 0.1) is 5.92 Å². The van der Waals surface area contributed by atoms with Crippen molar-refractivity contribution in [3.63, 3.8) is 0 Å². The van der Waals surface area contributed by atoms with Gasteiger partial charge in [-0.1, -0.05) is 0 Å². The van der Waals surface area contributed by atoms with Crippen LogP contribution in [0.15, 0.2) is 0 Å². The molecule has 100 valence electrons. The molecule has 0 heterocycles. The Morgan fingerprint density at radius 1 is 1.24 bits per heavy atom. The SMILES string of the molecule is COCCNS(=O)(=O)NCCNC(=O)C1CC1.